The molecule has 4 heteroatoms. The third-order valence-corrected chi connectivity index (χ3v) is 2.51. The fraction of sp³-hybridized carbons (Fsp3) is 0.308. The summed E-state index contributed by atoms with van der Waals surface area (Å²) in [6, 6.07) is 10.2. The number of nitrogens with one attached hydrogen (secondary N) is 1. The summed E-state index contributed by atoms with van der Waals surface area (Å²) in [6.45, 7) is 2.80. The first kappa shape index (κ1) is 11.7. The molecule has 0 amide bonds. The second-order valence-corrected chi connectivity index (χ2v) is 4.14. The van der Waals surface area contributed by atoms with E-state index in [1.54, 1.807) is 6.20 Å². The van der Waals surface area contributed by atoms with Crippen molar-refractivity contribution >= 4 is 5.69 Å². The van der Waals surface area contributed by atoms with Crippen molar-refractivity contribution in [1.29, 1.82) is 0 Å². The Hall–Kier alpha value is -1.81. The molecule has 0 fully saturated rings. The fourth-order valence-electron chi connectivity index (χ4n) is 1.63. The molecule has 1 atom stereocenters. The Morgan fingerprint density at radius 3 is 2.82 bits per heavy atom. The van der Waals surface area contributed by atoms with Crippen molar-refractivity contribution in [3.63, 3.8) is 0 Å². The molecule has 1 aromatic heterocycles. The molecular formula is C13H17N3O. The molecule has 1 heterocycles. The lowest BCUT2D eigenvalue weighted by Crippen LogP contribution is -2.18. The first-order valence-electron chi connectivity index (χ1n) is 5.71. The predicted molar refractivity (Wildman–Crippen MR) is 67.9 cm³/mol. The van der Waals surface area contributed by atoms with Gasteiger partial charge in [-0.25, -0.2) is 0 Å². The number of anilines is 1. The zero-order chi connectivity index (χ0) is 12.1. The normalized spacial score (nSPS) is 12.4. The quantitative estimate of drug-likeness (QED) is 0.824. The van der Waals surface area contributed by atoms with E-state index in [1.807, 2.05) is 36.0 Å². The monoisotopic (exact) mass is 231 g/mol. The topological polar surface area (TPSA) is 50.1 Å². The SMILES string of the molecule is CC(CO)Nc1cnn(Cc2ccccc2)c1. The second kappa shape index (κ2) is 5.50. The van der Waals surface area contributed by atoms with Crippen LogP contribution in [0, 0.1) is 0 Å². The summed E-state index contributed by atoms with van der Waals surface area (Å²) < 4.78 is 1.88. The van der Waals surface area contributed by atoms with Gasteiger partial charge in [-0.05, 0) is 12.5 Å². The maximum Gasteiger partial charge on any atom is 0.0729 e. The molecule has 0 aliphatic heterocycles. The molecule has 17 heavy (non-hydrogen) atoms. The zero-order valence-electron chi connectivity index (χ0n) is 9.87. The standard InChI is InChI=1S/C13H17N3O/c1-11(10-17)15-13-7-14-16(9-13)8-12-5-3-2-4-6-12/h2-7,9,11,15,17H,8,10H2,1H3. The third-order valence-electron chi connectivity index (χ3n) is 2.51. The largest absolute Gasteiger partial charge is 0.394 e. The molecule has 0 radical (unpaired) electrons. The second-order valence-electron chi connectivity index (χ2n) is 4.14. The molecular weight excluding hydrogens is 214 g/mol. The highest BCUT2D eigenvalue weighted by molar-refractivity contribution is 5.39. The number of rotatable bonds is 5. The molecule has 0 spiro atoms. The smallest absolute Gasteiger partial charge is 0.0729 e. The minimum atomic E-state index is 0.0457. The summed E-state index contributed by atoms with van der Waals surface area (Å²) in [5, 5.41) is 16.4. The Morgan fingerprint density at radius 1 is 1.35 bits per heavy atom. The van der Waals surface area contributed by atoms with E-state index in [1.165, 1.54) is 5.56 Å². The van der Waals surface area contributed by atoms with Gasteiger partial charge in [0.15, 0.2) is 0 Å². The molecule has 2 rings (SSSR count). The molecule has 1 aromatic carbocycles. The average Bonchev–Trinajstić information content (AvgIpc) is 2.77. The number of aromatic nitrogens is 2. The van der Waals surface area contributed by atoms with Crippen LogP contribution in [0.3, 0.4) is 0 Å². The molecule has 4 nitrogen and oxygen atoms in total. The number of hydrogen-bond donors (Lipinski definition) is 2. The lowest BCUT2D eigenvalue weighted by Gasteiger charge is -2.09. The predicted octanol–water partition coefficient (Wildman–Crippen LogP) is 1.72. The molecule has 90 valence electrons. The maximum absolute atomic E-state index is 8.95. The van der Waals surface area contributed by atoms with Gasteiger partial charge in [-0.3, -0.25) is 4.68 Å². The van der Waals surface area contributed by atoms with E-state index in [9.17, 15) is 0 Å². The molecule has 2 N–H and O–H groups in total. The van der Waals surface area contributed by atoms with Crippen LogP contribution in [0.25, 0.3) is 0 Å². The van der Waals surface area contributed by atoms with Crippen molar-refractivity contribution in [2.45, 2.75) is 19.5 Å². The van der Waals surface area contributed by atoms with E-state index in [2.05, 4.69) is 22.5 Å². The lowest BCUT2D eigenvalue weighted by atomic mass is 10.2. The van der Waals surface area contributed by atoms with Crippen LogP contribution in [-0.2, 0) is 6.54 Å². The van der Waals surface area contributed by atoms with Crippen LogP contribution in [0.1, 0.15) is 12.5 Å². The van der Waals surface area contributed by atoms with Crippen molar-refractivity contribution in [2.24, 2.45) is 0 Å². The van der Waals surface area contributed by atoms with E-state index >= 15 is 0 Å². The van der Waals surface area contributed by atoms with Gasteiger partial charge in [0.05, 0.1) is 25.0 Å². The van der Waals surface area contributed by atoms with E-state index in [-0.39, 0.29) is 12.6 Å². The minimum Gasteiger partial charge on any atom is -0.394 e. The maximum atomic E-state index is 8.95. The summed E-state index contributed by atoms with van der Waals surface area (Å²) in [5.41, 5.74) is 2.15. The number of nitrogens with zero attached hydrogens (tertiary/aromatic N) is 2. The van der Waals surface area contributed by atoms with Crippen LogP contribution in [0.4, 0.5) is 5.69 Å². The van der Waals surface area contributed by atoms with Gasteiger partial charge in [0.1, 0.15) is 0 Å². The third kappa shape index (κ3) is 3.32. The van der Waals surface area contributed by atoms with Gasteiger partial charge in [0.25, 0.3) is 0 Å². The van der Waals surface area contributed by atoms with Crippen molar-refractivity contribution in [3.05, 3.63) is 48.3 Å². The van der Waals surface area contributed by atoms with E-state index < -0.39 is 0 Å². The van der Waals surface area contributed by atoms with Gasteiger partial charge < -0.3 is 10.4 Å². The first-order chi connectivity index (χ1) is 8.28. The summed E-state index contributed by atoms with van der Waals surface area (Å²) in [7, 11) is 0. The number of aliphatic hydroxyl groups is 1. The molecule has 0 saturated heterocycles. The zero-order valence-corrected chi connectivity index (χ0v) is 9.87. The highest BCUT2D eigenvalue weighted by Gasteiger charge is 2.02. The van der Waals surface area contributed by atoms with E-state index in [4.69, 9.17) is 5.11 Å². The first-order valence-corrected chi connectivity index (χ1v) is 5.71. The summed E-state index contributed by atoms with van der Waals surface area (Å²) in [5.74, 6) is 0. The van der Waals surface area contributed by atoms with Gasteiger partial charge in [-0.1, -0.05) is 30.3 Å². The number of benzene rings is 1. The number of aliphatic hydroxyl groups excluding tert-OH is 1. The van der Waals surface area contributed by atoms with Crippen LogP contribution in [-0.4, -0.2) is 27.5 Å². The summed E-state index contributed by atoms with van der Waals surface area (Å²) >= 11 is 0. The van der Waals surface area contributed by atoms with Crippen LogP contribution in [0.5, 0.6) is 0 Å². The van der Waals surface area contributed by atoms with Gasteiger partial charge >= 0.3 is 0 Å². The van der Waals surface area contributed by atoms with Crippen LogP contribution < -0.4 is 5.32 Å². The Kier molecular flexibility index (Phi) is 3.77. The van der Waals surface area contributed by atoms with Gasteiger partial charge in [0, 0.05) is 12.2 Å². The van der Waals surface area contributed by atoms with Gasteiger partial charge in [-0.2, -0.15) is 5.10 Å². The van der Waals surface area contributed by atoms with Gasteiger partial charge in [-0.15, -0.1) is 0 Å². The number of hydrogen-bond acceptors (Lipinski definition) is 3. The Balaban J connectivity index is 1.99. The average molecular weight is 231 g/mol. The fourth-order valence-corrected chi connectivity index (χ4v) is 1.63. The lowest BCUT2D eigenvalue weighted by molar-refractivity contribution is 0.281. The van der Waals surface area contributed by atoms with E-state index in [0.717, 1.165) is 12.2 Å². The Morgan fingerprint density at radius 2 is 2.12 bits per heavy atom. The van der Waals surface area contributed by atoms with E-state index in [0.29, 0.717) is 0 Å². The molecule has 0 aliphatic carbocycles. The van der Waals surface area contributed by atoms with Crippen molar-refractivity contribution in [3.8, 4) is 0 Å². The van der Waals surface area contributed by atoms with Crippen molar-refractivity contribution in [2.75, 3.05) is 11.9 Å². The van der Waals surface area contributed by atoms with Crippen molar-refractivity contribution in [1.82, 2.24) is 9.78 Å². The molecule has 1 unspecified atom stereocenters. The van der Waals surface area contributed by atoms with Crippen LogP contribution >= 0.6 is 0 Å². The molecule has 0 saturated carbocycles. The molecule has 2 aromatic rings. The minimum absolute atomic E-state index is 0.0457. The van der Waals surface area contributed by atoms with Crippen LogP contribution in [0.2, 0.25) is 0 Å². The Labute approximate surface area is 101 Å². The highest BCUT2D eigenvalue weighted by Crippen LogP contribution is 2.08. The Bertz CT molecular complexity index is 453. The van der Waals surface area contributed by atoms with Crippen molar-refractivity contribution < 1.29 is 5.11 Å². The molecule has 0 bridgehead atoms. The molecule has 0 aliphatic rings. The highest BCUT2D eigenvalue weighted by atomic mass is 16.3. The van der Waals surface area contributed by atoms with Gasteiger partial charge in [0.2, 0.25) is 0 Å². The summed E-state index contributed by atoms with van der Waals surface area (Å²) in [4.78, 5) is 0. The summed E-state index contributed by atoms with van der Waals surface area (Å²) in [6.07, 6.45) is 3.72. The van der Waals surface area contributed by atoms with Crippen LogP contribution in [0.15, 0.2) is 42.7 Å².